The van der Waals surface area contributed by atoms with E-state index >= 15 is 0 Å². The number of pyridine rings is 1. The van der Waals surface area contributed by atoms with Crippen LogP contribution in [0.25, 0.3) is 32.3 Å². The Balaban J connectivity index is 0.000000223. The van der Waals surface area contributed by atoms with Gasteiger partial charge >= 0.3 is 0 Å². The fourth-order valence-electron chi connectivity index (χ4n) is 3.14. The maximum atomic E-state index is 6.17. The maximum Gasteiger partial charge on any atom is 0.114 e. The molecular formula is C23H16BN. The highest BCUT2D eigenvalue weighted by molar-refractivity contribution is 6.41. The molecule has 2 heteroatoms. The van der Waals surface area contributed by atoms with Crippen LogP contribution >= 0.6 is 0 Å². The molecule has 0 saturated carbocycles. The van der Waals surface area contributed by atoms with E-state index in [2.05, 4.69) is 59.6 Å². The standard InChI is InChI=1S/C18H11B.C5H5N/c19-17-7-3-6-12-8-9-15-10-13-4-1-2-5-14(13)11-16(15)18(12)17;1-2-4-6-5-3-1/h1-11H;1-5H. The lowest BCUT2D eigenvalue weighted by Gasteiger charge is -2.09. The Morgan fingerprint density at radius 2 is 1.24 bits per heavy atom. The second-order valence-corrected chi connectivity index (χ2v) is 5.96. The third-order valence-corrected chi connectivity index (χ3v) is 4.33. The molecule has 0 fully saturated rings. The van der Waals surface area contributed by atoms with Crippen molar-refractivity contribution in [3.05, 3.63) is 97.3 Å². The van der Waals surface area contributed by atoms with Crippen LogP contribution in [-0.2, 0) is 0 Å². The van der Waals surface area contributed by atoms with E-state index in [9.17, 15) is 0 Å². The van der Waals surface area contributed by atoms with Crippen molar-refractivity contribution in [2.75, 3.05) is 0 Å². The summed E-state index contributed by atoms with van der Waals surface area (Å²) in [5.74, 6) is 0. The van der Waals surface area contributed by atoms with Crippen LogP contribution < -0.4 is 5.46 Å². The highest BCUT2D eigenvalue weighted by atomic mass is 14.6. The fourth-order valence-corrected chi connectivity index (χ4v) is 3.14. The third kappa shape index (κ3) is 3.11. The minimum absolute atomic E-state index is 0.846. The van der Waals surface area contributed by atoms with Gasteiger partial charge in [-0.15, -0.1) is 0 Å². The summed E-state index contributed by atoms with van der Waals surface area (Å²) in [4.78, 5) is 3.78. The molecule has 1 nitrogen and oxygen atoms in total. The molecule has 0 bridgehead atoms. The van der Waals surface area contributed by atoms with Gasteiger partial charge in [-0.1, -0.05) is 66.1 Å². The molecule has 116 valence electrons. The van der Waals surface area contributed by atoms with Gasteiger partial charge in [0.2, 0.25) is 0 Å². The summed E-state index contributed by atoms with van der Waals surface area (Å²) in [6.45, 7) is 0. The molecule has 5 rings (SSSR count). The summed E-state index contributed by atoms with van der Waals surface area (Å²) in [5, 5.41) is 7.35. The molecule has 0 N–H and O–H groups in total. The van der Waals surface area contributed by atoms with E-state index in [-0.39, 0.29) is 0 Å². The lowest BCUT2D eigenvalue weighted by molar-refractivity contribution is 1.33. The van der Waals surface area contributed by atoms with Gasteiger partial charge in [0.15, 0.2) is 0 Å². The summed E-state index contributed by atoms with van der Waals surface area (Å²) in [7, 11) is 6.17. The number of rotatable bonds is 0. The number of hydrogen-bond donors (Lipinski definition) is 0. The van der Waals surface area contributed by atoms with Gasteiger partial charge in [-0.25, -0.2) is 0 Å². The molecular weight excluding hydrogens is 301 g/mol. The van der Waals surface area contributed by atoms with E-state index in [4.69, 9.17) is 7.85 Å². The van der Waals surface area contributed by atoms with Crippen LogP contribution in [0.1, 0.15) is 0 Å². The van der Waals surface area contributed by atoms with Crippen molar-refractivity contribution in [2.45, 2.75) is 0 Å². The Kier molecular flexibility index (Phi) is 4.18. The summed E-state index contributed by atoms with van der Waals surface area (Å²) >= 11 is 0. The minimum atomic E-state index is 0.846. The van der Waals surface area contributed by atoms with E-state index < -0.39 is 0 Å². The molecule has 4 aromatic carbocycles. The zero-order chi connectivity index (χ0) is 17.1. The maximum absolute atomic E-state index is 6.17. The molecule has 1 aromatic heterocycles. The van der Waals surface area contributed by atoms with Gasteiger partial charge in [0, 0.05) is 12.4 Å². The first kappa shape index (κ1) is 15.4. The van der Waals surface area contributed by atoms with Crippen molar-refractivity contribution in [1.29, 1.82) is 0 Å². The SMILES string of the molecule is [B]c1cccc2ccc3cc4ccccc4cc3c12.c1ccncc1. The zero-order valence-electron chi connectivity index (χ0n) is 13.8. The Morgan fingerprint density at radius 3 is 1.92 bits per heavy atom. The molecule has 0 unspecified atom stereocenters. The van der Waals surface area contributed by atoms with Crippen molar-refractivity contribution < 1.29 is 0 Å². The van der Waals surface area contributed by atoms with Crippen LogP contribution in [0.15, 0.2) is 97.3 Å². The summed E-state index contributed by atoms with van der Waals surface area (Å²) in [5.41, 5.74) is 0.846. The van der Waals surface area contributed by atoms with Crippen molar-refractivity contribution in [3.63, 3.8) is 0 Å². The smallest absolute Gasteiger partial charge is 0.114 e. The lowest BCUT2D eigenvalue weighted by atomic mass is 9.87. The van der Waals surface area contributed by atoms with E-state index in [1.807, 2.05) is 30.3 Å². The van der Waals surface area contributed by atoms with E-state index in [0.29, 0.717) is 0 Å². The largest absolute Gasteiger partial charge is 0.265 e. The summed E-state index contributed by atoms with van der Waals surface area (Å²) in [6.07, 6.45) is 3.50. The molecule has 1 heterocycles. The molecule has 0 spiro atoms. The van der Waals surface area contributed by atoms with E-state index in [1.165, 1.54) is 26.9 Å². The predicted octanol–water partition coefficient (Wildman–Crippen LogP) is 5.02. The predicted molar refractivity (Wildman–Crippen MR) is 109 cm³/mol. The first-order valence-corrected chi connectivity index (χ1v) is 8.28. The minimum Gasteiger partial charge on any atom is -0.265 e. The van der Waals surface area contributed by atoms with Gasteiger partial charge in [-0.05, 0) is 56.6 Å². The van der Waals surface area contributed by atoms with Gasteiger partial charge in [0.25, 0.3) is 0 Å². The molecule has 0 amide bonds. The number of benzene rings is 4. The van der Waals surface area contributed by atoms with Gasteiger partial charge in [-0.3, -0.25) is 4.98 Å². The van der Waals surface area contributed by atoms with Gasteiger partial charge in [0.1, 0.15) is 7.85 Å². The first-order chi connectivity index (χ1) is 12.3. The molecule has 2 radical (unpaired) electrons. The van der Waals surface area contributed by atoms with E-state index in [1.54, 1.807) is 12.4 Å². The normalized spacial score (nSPS) is 10.6. The highest BCUT2D eigenvalue weighted by Crippen LogP contribution is 2.28. The van der Waals surface area contributed by atoms with Crippen LogP contribution in [0.3, 0.4) is 0 Å². The Hall–Kier alpha value is -3.13. The van der Waals surface area contributed by atoms with Gasteiger partial charge < -0.3 is 0 Å². The van der Waals surface area contributed by atoms with Crippen molar-refractivity contribution in [2.24, 2.45) is 0 Å². The van der Waals surface area contributed by atoms with Crippen LogP contribution in [-0.4, -0.2) is 12.8 Å². The Morgan fingerprint density at radius 1 is 0.560 bits per heavy atom. The second kappa shape index (κ2) is 6.78. The first-order valence-electron chi connectivity index (χ1n) is 8.28. The van der Waals surface area contributed by atoms with Crippen LogP contribution in [0, 0.1) is 0 Å². The lowest BCUT2D eigenvalue weighted by Crippen LogP contribution is -2.03. The van der Waals surface area contributed by atoms with Crippen LogP contribution in [0.5, 0.6) is 0 Å². The third-order valence-electron chi connectivity index (χ3n) is 4.33. The fraction of sp³-hybridized carbons (Fsp3) is 0. The zero-order valence-corrected chi connectivity index (χ0v) is 13.8. The number of nitrogens with zero attached hydrogens (tertiary/aromatic N) is 1. The highest BCUT2D eigenvalue weighted by Gasteiger charge is 2.04. The summed E-state index contributed by atoms with van der Waals surface area (Å²) in [6, 6.07) is 29.0. The number of aromatic nitrogens is 1. The quantitative estimate of drug-likeness (QED) is 0.222. The average molecular weight is 317 g/mol. The topological polar surface area (TPSA) is 12.9 Å². The van der Waals surface area contributed by atoms with Gasteiger partial charge in [-0.2, -0.15) is 0 Å². The monoisotopic (exact) mass is 317 g/mol. The molecule has 25 heavy (non-hydrogen) atoms. The van der Waals surface area contributed by atoms with Crippen molar-refractivity contribution in [3.8, 4) is 0 Å². The van der Waals surface area contributed by atoms with Crippen molar-refractivity contribution in [1.82, 2.24) is 4.98 Å². The Bertz CT molecular complexity index is 1120. The molecule has 5 aromatic rings. The molecule has 0 saturated heterocycles. The molecule has 0 atom stereocenters. The average Bonchev–Trinajstić information content (AvgIpc) is 2.68. The van der Waals surface area contributed by atoms with Crippen LogP contribution in [0.4, 0.5) is 0 Å². The molecule has 0 aliphatic carbocycles. The Labute approximate surface area is 148 Å². The summed E-state index contributed by atoms with van der Waals surface area (Å²) < 4.78 is 0. The second-order valence-electron chi connectivity index (χ2n) is 5.96. The van der Waals surface area contributed by atoms with Crippen LogP contribution in [0.2, 0.25) is 0 Å². The number of fused-ring (bicyclic) bond motifs is 4. The number of hydrogen-bond acceptors (Lipinski definition) is 1. The van der Waals surface area contributed by atoms with Gasteiger partial charge in [0.05, 0.1) is 0 Å². The van der Waals surface area contributed by atoms with Crippen molar-refractivity contribution >= 4 is 45.6 Å². The molecule has 0 aliphatic heterocycles. The molecule has 0 aliphatic rings. The van der Waals surface area contributed by atoms with E-state index in [0.717, 1.165) is 10.8 Å².